The predicted molar refractivity (Wildman–Crippen MR) is 37.7 cm³/mol. The Bertz CT molecular complexity index is 167. The van der Waals surface area contributed by atoms with Crippen LogP contribution >= 0.6 is 0 Å². The summed E-state index contributed by atoms with van der Waals surface area (Å²) in [5.41, 5.74) is 0. The molecule has 2 radical (unpaired) electrons. The maximum atomic E-state index is 3.64. The minimum atomic E-state index is 0. The molecule has 1 aromatic rings. The van der Waals surface area contributed by atoms with Crippen molar-refractivity contribution in [2.45, 2.75) is 6.44 Å². The van der Waals surface area contributed by atoms with Gasteiger partial charge in [0, 0.05) is 44.8 Å². The van der Waals surface area contributed by atoms with Gasteiger partial charge in [-0.3, -0.25) is 0 Å². The number of pyridine rings is 1. The van der Waals surface area contributed by atoms with E-state index in [1.807, 2.05) is 37.9 Å². The molecule has 1 aromatic heterocycles. The second kappa shape index (κ2) is 6.06. The first-order valence-corrected chi connectivity index (χ1v) is 2.98. The second-order valence-electron chi connectivity index (χ2n) is 1.86. The van der Waals surface area contributed by atoms with Gasteiger partial charge in [-0.05, 0) is 7.28 Å². The summed E-state index contributed by atoms with van der Waals surface area (Å²) in [5, 5.41) is 0. The molecular formula is C7H9BNY. The van der Waals surface area contributed by atoms with E-state index < -0.39 is 0 Å². The van der Waals surface area contributed by atoms with E-state index in [1.165, 1.54) is 0 Å². The molecule has 0 aliphatic heterocycles. The maximum Gasteiger partial charge on any atom is 0.167 e. The van der Waals surface area contributed by atoms with E-state index in [2.05, 4.69) is 11.4 Å². The van der Waals surface area contributed by atoms with Crippen LogP contribution in [0.4, 0.5) is 0 Å². The van der Waals surface area contributed by atoms with Crippen molar-refractivity contribution in [3.05, 3.63) is 37.4 Å². The van der Waals surface area contributed by atoms with Gasteiger partial charge in [-0.1, -0.05) is 6.07 Å². The van der Waals surface area contributed by atoms with Gasteiger partial charge < -0.3 is 6.82 Å². The summed E-state index contributed by atoms with van der Waals surface area (Å²) in [6.07, 6.45) is 4.92. The van der Waals surface area contributed by atoms with Crippen molar-refractivity contribution in [3.63, 3.8) is 0 Å². The molecule has 3 heteroatoms. The Balaban J connectivity index is 0.000000810. The molecule has 0 bridgehead atoms. The molecule has 0 saturated heterocycles. The SMILES string of the molecule is [CH2-][B]C[n+]1ccccc1.[Y]. The summed E-state index contributed by atoms with van der Waals surface area (Å²) < 4.78 is 2.06. The molecule has 10 heavy (non-hydrogen) atoms. The molecule has 0 aliphatic carbocycles. The Morgan fingerprint density at radius 1 is 1.20 bits per heavy atom. The van der Waals surface area contributed by atoms with Gasteiger partial charge in [-0.25, -0.2) is 4.57 Å². The molecule has 1 heterocycles. The van der Waals surface area contributed by atoms with Crippen molar-refractivity contribution in [1.82, 2.24) is 0 Å². The average Bonchev–Trinajstić information content (AvgIpc) is 1.91. The standard InChI is InChI=1S/C7H9BN.Y/c1-8-7-9-5-3-2-4-6-9;/h2-6H,1,7H2;. The van der Waals surface area contributed by atoms with Gasteiger partial charge in [0.05, 0.1) is 6.44 Å². The third-order valence-electron chi connectivity index (χ3n) is 1.12. The fourth-order valence-electron chi connectivity index (χ4n) is 0.705. The van der Waals surface area contributed by atoms with Gasteiger partial charge >= 0.3 is 0 Å². The van der Waals surface area contributed by atoms with Crippen molar-refractivity contribution in [2.75, 3.05) is 0 Å². The van der Waals surface area contributed by atoms with Crippen LogP contribution in [-0.2, 0) is 39.2 Å². The first-order valence-electron chi connectivity index (χ1n) is 2.98. The predicted octanol–water partition coefficient (Wildman–Crippen LogP) is 0.425. The summed E-state index contributed by atoms with van der Waals surface area (Å²) in [6, 6.07) is 6.01. The molecule has 48 valence electrons. The van der Waals surface area contributed by atoms with Gasteiger partial charge in [0.1, 0.15) is 0 Å². The fraction of sp³-hybridized carbons (Fsp3) is 0.143. The molecule has 0 aliphatic rings. The topological polar surface area (TPSA) is 3.88 Å². The van der Waals surface area contributed by atoms with Gasteiger partial charge in [0.2, 0.25) is 0 Å². The number of rotatable bonds is 2. The van der Waals surface area contributed by atoms with Crippen LogP contribution in [0.3, 0.4) is 0 Å². The molecule has 0 spiro atoms. The van der Waals surface area contributed by atoms with E-state index in [4.69, 9.17) is 0 Å². The average molecular weight is 207 g/mol. The van der Waals surface area contributed by atoms with E-state index in [1.54, 1.807) is 0 Å². The first-order chi connectivity index (χ1) is 4.43. The van der Waals surface area contributed by atoms with Crippen LogP contribution in [0.15, 0.2) is 30.6 Å². The molecule has 0 saturated carbocycles. The number of hydrogen-bond donors (Lipinski definition) is 0. The molecule has 0 atom stereocenters. The smallest absolute Gasteiger partial charge is 0.167 e. The zero-order chi connectivity index (χ0) is 6.53. The molecule has 0 N–H and O–H groups in total. The van der Waals surface area contributed by atoms with Crippen LogP contribution in [0.5, 0.6) is 0 Å². The zero-order valence-electron chi connectivity index (χ0n) is 5.90. The molecule has 0 unspecified atom stereocenters. The fourth-order valence-corrected chi connectivity index (χ4v) is 0.705. The van der Waals surface area contributed by atoms with Crippen molar-refractivity contribution in [1.29, 1.82) is 0 Å². The summed E-state index contributed by atoms with van der Waals surface area (Å²) in [5.74, 6) is 0. The normalized spacial score (nSPS) is 8.10. The van der Waals surface area contributed by atoms with Gasteiger partial charge in [-0.15, -0.1) is 0 Å². The third-order valence-corrected chi connectivity index (χ3v) is 1.12. The van der Waals surface area contributed by atoms with Crippen molar-refractivity contribution < 1.29 is 37.3 Å². The molecule has 0 aromatic carbocycles. The van der Waals surface area contributed by atoms with Crippen LogP contribution in [0, 0.1) is 6.82 Å². The molecular weight excluding hydrogens is 198 g/mol. The molecule has 0 amide bonds. The molecule has 1 rings (SSSR count). The number of hydrogen-bond acceptors (Lipinski definition) is 0. The van der Waals surface area contributed by atoms with E-state index >= 15 is 0 Å². The van der Waals surface area contributed by atoms with Crippen LogP contribution in [0.25, 0.3) is 0 Å². The minimum Gasteiger partial charge on any atom is -0.367 e. The van der Waals surface area contributed by atoms with Gasteiger partial charge in [0.25, 0.3) is 0 Å². The number of aromatic nitrogens is 1. The quantitative estimate of drug-likeness (QED) is 0.376. The minimum absolute atomic E-state index is 0. The Labute approximate surface area is 88.0 Å². The van der Waals surface area contributed by atoms with Crippen molar-refractivity contribution >= 4 is 7.28 Å². The maximum absolute atomic E-state index is 3.64. The van der Waals surface area contributed by atoms with Crippen LogP contribution in [0.2, 0.25) is 0 Å². The van der Waals surface area contributed by atoms with E-state index in [9.17, 15) is 0 Å². The zero-order valence-corrected chi connectivity index (χ0v) is 8.74. The summed E-state index contributed by atoms with van der Waals surface area (Å²) >= 11 is 0. The third kappa shape index (κ3) is 3.48. The van der Waals surface area contributed by atoms with Crippen molar-refractivity contribution in [3.8, 4) is 0 Å². The Morgan fingerprint density at radius 3 is 2.30 bits per heavy atom. The van der Waals surface area contributed by atoms with Crippen LogP contribution in [-0.4, -0.2) is 7.28 Å². The van der Waals surface area contributed by atoms with E-state index in [-0.39, 0.29) is 32.7 Å². The van der Waals surface area contributed by atoms with Gasteiger partial charge in [-0.2, -0.15) is 0 Å². The van der Waals surface area contributed by atoms with E-state index in [0.29, 0.717) is 0 Å². The Kier molecular flexibility index (Phi) is 6.25. The van der Waals surface area contributed by atoms with Crippen LogP contribution < -0.4 is 4.57 Å². The van der Waals surface area contributed by atoms with Crippen molar-refractivity contribution in [2.24, 2.45) is 0 Å². The van der Waals surface area contributed by atoms with Gasteiger partial charge in [0.15, 0.2) is 12.4 Å². The molecule has 0 fully saturated rings. The Hall–Kier alpha value is 0.319. The summed E-state index contributed by atoms with van der Waals surface area (Å²) in [4.78, 5) is 0. The summed E-state index contributed by atoms with van der Waals surface area (Å²) in [7, 11) is 1.88. The monoisotopic (exact) mass is 207 g/mol. The van der Waals surface area contributed by atoms with E-state index in [0.717, 1.165) is 6.44 Å². The Morgan fingerprint density at radius 2 is 1.80 bits per heavy atom. The van der Waals surface area contributed by atoms with Crippen LogP contribution in [0.1, 0.15) is 0 Å². The summed E-state index contributed by atoms with van der Waals surface area (Å²) in [6.45, 7) is 3.64. The first kappa shape index (κ1) is 10.3. The number of nitrogens with zero attached hydrogens (tertiary/aromatic N) is 1. The second-order valence-corrected chi connectivity index (χ2v) is 1.86. The largest absolute Gasteiger partial charge is 0.367 e. The molecule has 1 nitrogen and oxygen atoms in total.